The smallest absolute Gasteiger partial charge is 0.228 e. The molecule has 1 aromatic heterocycles. The minimum absolute atomic E-state index is 0.0815. The molecule has 0 bridgehead atoms. The van der Waals surface area contributed by atoms with Crippen LogP contribution >= 0.6 is 0 Å². The highest BCUT2D eigenvalue weighted by Gasteiger charge is 2.37. The average molecular weight is 370 g/mol. The van der Waals surface area contributed by atoms with Gasteiger partial charge in [0.2, 0.25) is 11.8 Å². The van der Waals surface area contributed by atoms with Gasteiger partial charge in [0.15, 0.2) is 0 Å². The Morgan fingerprint density at radius 3 is 2.59 bits per heavy atom. The summed E-state index contributed by atoms with van der Waals surface area (Å²) in [7, 11) is 0. The molecule has 1 unspecified atom stereocenters. The SMILES string of the molecule is O=C1CC(C(=O)N2CCN(C3CCCCC3)CC2)CN1Cc1cccnc1. The molecule has 2 aliphatic heterocycles. The van der Waals surface area contributed by atoms with E-state index in [1.165, 1.54) is 32.1 Å². The first-order chi connectivity index (χ1) is 13.2. The van der Waals surface area contributed by atoms with Crippen molar-refractivity contribution < 1.29 is 9.59 Å². The lowest BCUT2D eigenvalue weighted by molar-refractivity contribution is -0.137. The molecule has 27 heavy (non-hydrogen) atoms. The summed E-state index contributed by atoms with van der Waals surface area (Å²) in [5, 5.41) is 0. The first-order valence-electron chi connectivity index (χ1n) is 10.4. The number of carbonyl (C=O) groups excluding carboxylic acids is 2. The van der Waals surface area contributed by atoms with Crippen LogP contribution in [0.4, 0.5) is 0 Å². The number of amides is 2. The Kier molecular flexibility index (Phi) is 5.72. The van der Waals surface area contributed by atoms with E-state index in [4.69, 9.17) is 0 Å². The van der Waals surface area contributed by atoms with Crippen molar-refractivity contribution in [3.63, 3.8) is 0 Å². The number of rotatable bonds is 4. The van der Waals surface area contributed by atoms with Gasteiger partial charge in [-0.15, -0.1) is 0 Å². The summed E-state index contributed by atoms with van der Waals surface area (Å²) < 4.78 is 0. The van der Waals surface area contributed by atoms with E-state index in [1.54, 1.807) is 17.3 Å². The zero-order valence-electron chi connectivity index (χ0n) is 16.1. The van der Waals surface area contributed by atoms with Crippen LogP contribution in [0.5, 0.6) is 0 Å². The fourth-order valence-corrected chi connectivity index (χ4v) is 4.81. The van der Waals surface area contributed by atoms with Crippen LogP contribution in [0, 0.1) is 5.92 Å². The molecule has 3 aliphatic rings. The lowest BCUT2D eigenvalue weighted by Gasteiger charge is -2.41. The first kappa shape index (κ1) is 18.4. The second-order valence-corrected chi connectivity index (χ2v) is 8.19. The second kappa shape index (κ2) is 8.38. The maximum atomic E-state index is 12.9. The van der Waals surface area contributed by atoms with Gasteiger partial charge in [0.1, 0.15) is 0 Å². The fraction of sp³-hybridized carbons (Fsp3) is 0.667. The van der Waals surface area contributed by atoms with Crippen LogP contribution in [-0.2, 0) is 16.1 Å². The van der Waals surface area contributed by atoms with Crippen molar-refractivity contribution >= 4 is 11.8 Å². The number of carbonyl (C=O) groups is 2. The van der Waals surface area contributed by atoms with E-state index in [9.17, 15) is 9.59 Å². The Hall–Kier alpha value is -1.95. The maximum absolute atomic E-state index is 12.9. The first-order valence-corrected chi connectivity index (χ1v) is 10.4. The summed E-state index contributed by atoms with van der Waals surface area (Å²) in [6, 6.07) is 4.57. The predicted octanol–water partition coefficient (Wildman–Crippen LogP) is 1.91. The molecule has 146 valence electrons. The van der Waals surface area contributed by atoms with E-state index in [2.05, 4.69) is 9.88 Å². The lowest BCUT2D eigenvalue weighted by atomic mass is 9.93. The molecule has 2 saturated heterocycles. The van der Waals surface area contributed by atoms with Crippen LogP contribution in [0.3, 0.4) is 0 Å². The van der Waals surface area contributed by atoms with Crippen LogP contribution < -0.4 is 0 Å². The van der Waals surface area contributed by atoms with Crippen molar-refractivity contribution in [1.29, 1.82) is 0 Å². The molecule has 1 saturated carbocycles. The van der Waals surface area contributed by atoms with Crippen molar-refractivity contribution in [2.45, 2.75) is 51.1 Å². The second-order valence-electron chi connectivity index (χ2n) is 8.19. The molecule has 0 aromatic carbocycles. The van der Waals surface area contributed by atoms with Gasteiger partial charge in [-0.05, 0) is 24.5 Å². The molecule has 1 aromatic rings. The van der Waals surface area contributed by atoms with Crippen molar-refractivity contribution in [2.24, 2.45) is 5.92 Å². The zero-order valence-corrected chi connectivity index (χ0v) is 16.1. The van der Waals surface area contributed by atoms with Gasteiger partial charge >= 0.3 is 0 Å². The van der Waals surface area contributed by atoms with E-state index in [0.717, 1.165) is 37.8 Å². The average Bonchev–Trinajstić information content (AvgIpc) is 3.09. The third kappa shape index (κ3) is 4.32. The van der Waals surface area contributed by atoms with Gasteiger partial charge in [-0.25, -0.2) is 0 Å². The molecule has 3 heterocycles. The Bertz CT molecular complexity index is 651. The van der Waals surface area contributed by atoms with E-state index in [1.807, 2.05) is 17.0 Å². The molecule has 4 rings (SSSR count). The molecular weight excluding hydrogens is 340 g/mol. The highest BCUT2D eigenvalue weighted by molar-refractivity contribution is 5.89. The van der Waals surface area contributed by atoms with E-state index >= 15 is 0 Å². The Morgan fingerprint density at radius 2 is 1.89 bits per heavy atom. The Morgan fingerprint density at radius 1 is 1.11 bits per heavy atom. The van der Waals surface area contributed by atoms with E-state index in [0.29, 0.717) is 19.5 Å². The number of hydrogen-bond donors (Lipinski definition) is 0. The Balaban J connectivity index is 1.28. The summed E-state index contributed by atoms with van der Waals surface area (Å²) in [5.74, 6) is 0.0637. The molecule has 6 heteroatoms. The van der Waals surface area contributed by atoms with Gasteiger partial charge < -0.3 is 9.80 Å². The third-order valence-corrected chi connectivity index (χ3v) is 6.38. The minimum atomic E-state index is -0.185. The van der Waals surface area contributed by atoms with Gasteiger partial charge in [0, 0.05) is 64.1 Å². The minimum Gasteiger partial charge on any atom is -0.340 e. The molecule has 0 N–H and O–H groups in total. The lowest BCUT2D eigenvalue weighted by Crippen LogP contribution is -2.53. The summed E-state index contributed by atoms with van der Waals surface area (Å²) in [6.07, 6.45) is 10.6. The molecule has 3 fully saturated rings. The van der Waals surface area contributed by atoms with Gasteiger partial charge in [-0.3, -0.25) is 19.5 Å². The van der Waals surface area contributed by atoms with Crippen LogP contribution in [0.1, 0.15) is 44.1 Å². The van der Waals surface area contributed by atoms with Crippen LogP contribution in [0.25, 0.3) is 0 Å². The van der Waals surface area contributed by atoms with Crippen molar-refractivity contribution in [2.75, 3.05) is 32.7 Å². The molecule has 2 amide bonds. The highest BCUT2D eigenvalue weighted by atomic mass is 16.2. The van der Waals surface area contributed by atoms with Gasteiger partial charge in [-0.2, -0.15) is 0 Å². The fourth-order valence-electron chi connectivity index (χ4n) is 4.81. The van der Waals surface area contributed by atoms with Gasteiger partial charge in [0.05, 0.1) is 5.92 Å². The topological polar surface area (TPSA) is 56.8 Å². The van der Waals surface area contributed by atoms with Crippen LogP contribution in [0.2, 0.25) is 0 Å². The van der Waals surface area contributed by atoms with Gasteiger partial charge in [0.25, 0.3) is 0 Å². The summed E-state index contributed by atoms with van der Waals surface area (Å²) >= 11 is 0. The summed E-state index contributed by atoms with van der Waals surface area (Å²) in [4.78, 5) is 35.8. The van der Waals surface area contributed by atoms with Crippen molar-refractivity contribution in [3.8, 4) is 0 Å². The normalized spacial score (nSPS) is 25.2. The highest BCUT2D eigenvalue weighted by Crippen LogP contribution is 2.25. The molecular formula is C21H30N4O2. The standard InChI is InChI=1S/C21H30N4O2/c26-20-13-18(16-25(20)15-17-5-4-8-22-14-17)21(27)24-11-9-23(10-12-24)19-6-2-1-3-7-19/h4-5,8,14,18-19H,1-3,6-7,9-13,15-16H2. The van der Waals surface area contributed by atoms with E-state index in [-0.39, 0.29) is 17.7 Å². The van der Waals surface area contributed by atoms with Gasteiger partial charge in [-0.1, -0.05) is 25.3 Å². The molecule has 1 aliphatic carbocycles. The number of hydrogen-bond acceptors (Lipinski definition) is 4. The third-order valence-electron chi connectivity index (χ3n) is 6.38. The number of likely N-dealkylation sites (tertiary alicyclic amines) is 1. The number of piperazine rings is 1. The van der Waals surface area contributed by atoms with Crippen molar-refractivity contribution in [1.82, 2.24) is 19.7 Å². The molecule has 1 atom stereocenters. The largest absolute Gasteiger partial charge is 0.340 e. The molecule has 0 spiro atoms. The number of aromatic nitrogens is 1. The Labute approximate surface area is 161 Å². The van der Waals surface area contributed by atoms with Crippen LogP contribution in [0.15, 0.2) is 24.5 Å². The van der Waals surface area contributed by atoms with Crippen molar-refractivity contribution in [3.05, 3.63) is 30.1 Å². The number of nitrogens with zero attached hydrogens (tertiary/aromatic N) is 4. The molecule has 0 radical (unpaired) electrons. The maximum Gasteiger partial charge on any atom is 0.228 e. The summed E-state index contributed by atoms with van der Waals surface area (Å²) in [6.45, 7) is 4.67. The predicted molar refractivity (Wildman–Crippen MR) is 103 cm³/mol. The molecule has 6 nitrogen and oxygen atoms in total. The zero-order chi connectivity index (χ0) is 18.6. The quantitative estimate of drug-likeness (QED) is 0.812. The monoisotopic (exact) mass is 370 g/mol. The van der Waals surface area contributed by atoms with Crippen LogP contribution in [-0.4, -0.2) is 70.3 Å². The van der Waals surface area contributed by atoms with E-state index < -0.39 is 0 Å². The number of pyridine rings is 1. The summed E-state index contributed by atoms with van der Waals surface area (Å²) in [5.41, 5.74) is 1.01.